The van der Waals surface area contributed by atoms with Crippen LogP contribution in [0.25, 0.3) is 10.9 Å². The summed E-state index contributed by atoms with van der Waals surface area (Å²) in [6.45, 7) is 0. The van der Waals surface area contributed by atoms with Crippen molar-refractivity contribution in [3.63, 3.8) is 0 Å². The summed E-state index contributed by atoms with van der Waals surface area (Å²) in [6.07, 6.45) is 5.78. The highest BCUT2D eigenvalue weighted by molar-refractivity contribution is 6.05. The topological polar surface area (TPSA) is 42.0 Å². The zero-order valence-corrected chi connectivity index (χ0v) is 13.5. The molecule has 1 aliphatic rings. The van der Waals surface area contributed by atoms with E-state index >= 15 is 0 Å². The van der Waals surface area contributed by atoms with Crippen molar-refractivity contribution < 1.29 is 4.79 Å². The molecule has 24 heavy (non-hydrogen) atoms. The lowest BCUT2D eigenvalue weighted by atomic mass is 9.78. The number of benzene rings is 2. The molecule has 1 heterocycles. The minimum Gasteiger partial charge on any atom is -0.325 e. The van der Waals surface area contributed by atoms with Crippen LogP contribution >= 0.6 is 0 Å². The monoisotopic (exact) mass is 316 g/mol. The third-order valence-electron chi connectivity index (χ3n) is 5.11. The summed E-state index contributed by atoms with van der Waals surface area (Å²) >= 11 is 0. The Kier molecular flexibility index (Phi) is 3.77. The van der Waals surface area contributed by atoms with Gasteiger partial charge in [0.15, 0.2) is 0 Å². The van der Waals surface area contributed by atoms with Crippen molar-refractivity contribution in [2.24, 2.45) is 0 Å². The van der Waals surface area contributed by atoms with Gasteiger partial charge in [-0.05, 0) is 42.7 Å². The van der Waals surface area contributed by atoms with Crippen molar-refractivity contribution in [3.8, 4) is 0 Å². The zero-order chi connectivity index (χ0) is 16.4. The molecule has 1 saturated carbocycles. The Hall–Kier alpha value is -2.68. The van der Waals surface area contributed by atoms with E-state index < -0.39 is 5.41 Å². The Bertz CT molecular complexity index is 862. The fraction of sp³-hybridized carbons (Fsp3) is 0.238. The molecule has 1 fully saturated rings. The number of hydrogen-bond donors (Lipinski definition) is 1. The molecular formula is C21H20N2O. The van der Waals surface area contributed by atoms with E-state index in [-0.39, 0.29) is 5.91 Å². The molecule has 1 aromatic heterocycles. The van der Waals surface area contributed by atoms with E-state index in [2.05, 4.69) is 22.4 Å². The van der Waals surface area contributed by atoms with Gasteiger partial charge >= 0.3 is 0 Å². The molecule has 1 N–H and O–H groups in total. The van der Waals surface area contributed by atoms with Gasteiger partial charge in [0.1, 0.15) is 0 Å². The lowest BCUT2D eigenvalue weighted by Gasteiger charge is -2.28. The lowest BCUT2D eigenvalue weighted by Crippen LogP contribution is -2.38. The van der Waals surface area contributed by atoms with E-state index in [1.54, 1.807) is 6.20 Å². The summed E-state index contributed by atoms with van der Waals surface area (Å²) in [4.78, 5) is 17.6. The maximum Gasteiger partial charge on any atom is 0.235 e. The molecule has 120 valence electrons. The third-order valence-corrected chi connectivity index (χ3v) is 5.11. The smallest absolute Gasteiger partial charge is 0.235 e. The van der Waals surface area contributed by atoms with Gasteiger partial charge in [-0.25, -0.2) is 0 Å². The van der Waals surface area contributed by atoms with Crippen molar-refractivity contribution in [2.75, 3.05) is 5.32 Å². The minimum atomic E-state index is -0.411. The van der Waals surface area contributed by atoms with Gasteiger partial charge in [-0.1, -0.05) is 49.2 Å². The molecule has 0 atom stereocenters. The molecule has 0 aliphatic heterocycles. The van der Waals surface area contributed by atoms with Crippen molar-refractivity contribution in [1.29, 1.82) is 0 Å². The van der Waals surface area contributed by atoms with Gasteiger partial charge in [-0.2, -0.15) is 0 Å². The molecule has 0 saturated heterocycles. The SMILES string of the molecule is O=C(Nc1cccc2ncccc12)C1(c2ccccc2)CCCC1. The Morgan fingerprint density at radius 3 is 2.50 bits per heavy atom. The highest BCUT2D eigenvalue weighted by atomic mass is 16.2. The number of carbonyl (C=O) groups excluding carboxylic acids is 1. The largest absolute Gasteiger partial charge is 0.325 e. The van der Waals surface area contributed by atoms with Crippen molar-refractivity contribution >= 4 is 22.5 Å². The molecule has 2 aromatic carbocycles. The van der Waals surface area contributed by atoms with Gasteiger partial charge in [0.2, 0.25) is 5.91 Å². The Morgan fingerprint density at radius 1 is 0.917 bits per heavy atom. The number of carbonyl (C=O) groups is 1. The van der Waals surface area contributed by atoms with Crippen LogP contribution in [0.5, 0.6) is 0 Å². The third kappa shape index (κ3) is 2.46. The first kappa shape index (κ1) is 14.9. The van der Waals surface area contributed by atoms with Crippen LogP contribution in [0.15, 0.2) is 66.9 Å². The summed E-state index contributed by atoms with van der Waals surface area (Å²) in [5.74, 6) is 0.0996. The minimum absolute atomic E-state index is 0.0996. The lowest BCUT2D eigenvalue weighted by molar-refractivity contribution is -0.121. The number of fused-ring (bicyclic) bond motifs is 1. The molecule has 3 nitrogen and oxygen atoms in total. The van der Waals surface area contributed by atoms with E-state index in [1.165, 1.54) is 0 Å². The van der Waals surface area contributed by atoms with Crippen LogP contribution in [0.4, 0.5) is 5.69 Å². The summed E-state index contributed by atoms with van der Waals surface area (Å²) in [5, 5.41) is 4.17. The van der Waals surface area contributed by atoms with E-state index in [1.807, 2.05) is 48.5 Å². The molecule has 0 bridgehead atoms. The number of aromatic nitrogens is 1. The molecule has 1 amide bonds. The number of hydrogen-bond acceptors (Lipinski definition) is 2. The van der Waals surface area contributed by atoms with Crippen LogP contribution in [0.2, 0.25) is 0 Å². The molecule has 3 aromatic rings. The predicted octanol–water partition coefficient (Wildman–Crippen LogP) is 4.69. The summed E-state index contributed by atoms with van der Waals surface area (Å²) < 4.78 is 0. The van der Waals surface area contributed by atoms with E-state index in [9.17, 15) is 4.79 Å². The molecule has 0 unspecified atom stereocenters. The predicted molar refractivity (Wildman–Crippen MR) is 97.0 cm³/mol. The van der Waals surface area contributed by atoms with E-state index in [4.69, 9.17) is 0 Å². The van der Waals surface area contributed by atoms with Gasteiger partial charge in [0, 0.05) is 11.6 Å². The molecule has 0 radical (unpaired) electrons. The van der Waals surface area contributed by atoms with Crippen LogP contribution in [-0.4, -0.2) is 10.9 Å². The van der Waals surface area contributed by atoms with Gasteiger partial charge in [-0.15, -0.1) is 0 Å². The van der Waals surface area contributed by atoms with Crippen LogP contribution < -0.4 is 5.32 Å². The fourth-order valence-electron chi connectivity index (χ4n) is 3.84. The molecule has 1 aliphatic carbocycles. The molecule has 4 rings (SSSR count). The maximum atomic E-state index is 13.2. The first-order chi connectivity index (χ1) is 11.8. The van der Waals surface area contributed by atoms with Crippen molar-refractivity contribution in [1.82, 2.24) is 4.98 Å². The molecular weight excluding hydrogens is 296 g/mol. The van der Waals surface area contributed by atoms with Crippen LogP contribution in [0.1, 0.15) is 31.2 Å². The number of amides is 1. The number of nitrogens with one attached hydrogen (secondary N) is 1. The molecule has 3 heteroatoms. The number of anilines is 1. The first-order valence-electron chi connectivity index (χ1n) is 8.50. The zero-order valence-electron chi connectivity index (χ0n) is 13.5. The quantitative estimate of drug-likeness (QED) is 0.762. The van der Waals surface area contributed by atoms with E-state index in [0.717, 1.165) is 47.8 Å². The fourth-order valence-corrected chi connectivity index (χ4v) is 3.84. The Labute approximate surface area is 141 Å². The first-order valence-corrected chi connectivity index (χ1v) is 8.50. The van der Waals surface area contributed by atoms with E-state index in [0.29, 0.717) is 0 Å². The summed E-state index contributed by atoms with van der Waals surface area (Å²) in [5.41, 5.74) is 2.45. The van der Waals surface area contributed by atoms with Crippen LogP contribution in [0, 0.1) is 0 Å². The number of nitrogens with zero attached hydrogens (tertiary/aromatic N) is 1. The average molecular weight is 316 g/mol. The average Bonchev–Trinajstić information content (AvgIpc) is 3.14. The number of rotatable bonds is 3. The highest BCUT2D eigenvalue weighted by Crippen LogP contribution is 2.42. The number of pyridine rings is 1. The second-order valence-corrected chi connectivity index (χ2v) is 6.49. The van der Waals surface area contributed by atoms with Gasteiger partial charge < -0.3 is 5.32 Å². The Balaban J connectivity index is 1.72. The Morgan fingerprint density at radius 2 is 1.71 bits per heavy atom. The normalized spacial score (nSPS) is 16.2. The standard InChI is InChI=1S/C21H20N2O/c24-20(21(13-4-5-14-21)16-8-2-1-3-9-16)23-19-12-6-11-18-17(19)10-7-15-22-18/h1-3,6-12,15H,4-5,13-14H2,(H,23,24). The second kappa shape index (κ2) is 6.08. The van der Waals surface area contributed by atoms with Crippen molar-refractivity contribution in [3.05, 3.63) is 72.4 Å². The van der Waals surface area contributed by atoms with Gasteiger partial charge in [0.25, 0.3) is 0 Å². The summed E-state index contributed by atoms with van der Waals surface area (Å²) in [7, 11) is 0. The van der Waals surface area contributed by atoms with Crippen LogP contribution in [-0.2, 0) is 10.2 Å². The second-order valence-electron chi connectivity index (χ2n) is 6.49. The van der Waals surface area contributed by atoms with Gasteiger partial charge in [-0.3, -0.25) is 9.78 Å². The molecule has 0 spiro atoms. The highest BCUT2D eigenvalue weighted by Gasteiger charge is 2.42. The van der Waals surface area contributed by atoms with Crippen LogP contribution in [0.3, 0.4) is 0 Å². The van der Waals surface area contributed by atoms with Crippen molar-refractivity contribution in [2.45, 2.75) is 31.1 Å². The summed E-state index contributed by atoms with van der Waals surface area (Å²) in [6, 6.07) is 20.0. The van der Waals surface area contributed by atoms with Gasteiger partial charge in [0.05, 0.1) is 16.6 Å². The maximum absolute atomic E-state index is 13.2.